The molecule has 0 saturated heterocycles. The van der Waals surface area contributed by atoms with Gasteiger partial charge in [-0.2, -0.15) is 0 Å². The van der Waals surface area contributed by atoms with Crippen LogP contribution in [0, 0.1) is 0 Å². The molecule has 0 N–H and O–H groups in total. The lowest BCUT2D eigenvalue weighted by Crippen LogP contribution is -2.11. The minimum atomic E-state index is 0.632. The Kier molecular flexibility index (Phi) is 8.07. The lowest BCUT2D eigenvalue weighted by molar-refractivity contribution is 0.670. The smallest absolute Gasteiger partial charge is 0.164 e. The van der Waals surface area contributed by atoms with E-state index >= 15 is 0 Å². The summed E-state index contributed by atoms with van der Waals surface area (Å²) < 4.78 is 6.78. The van der Waals surface area contributed by atoms with Crippen LogP contribution in [-0.4, -0.2) is 15.0 Å². The maximum Gasteiger partial charge on any atom is 0.164 e. The molecule has 0 aliphatic carbocycles. The standard InChI is InChI=1S/C53H34N4O/c1-4-15-37(16-5-1)51-54-52(38-17-6-2-7-18-38)56-53(55-51)39-28-26-35(27-29-39)40-19-12-20-41(34-40)43-23-13-24-45-49-44-31-30-36-14-10-11-25-46(36)57(42-21-8-3-9-22-42)47(44)32-33-48(49)58-50(43)45/h1-34H. The minimum absolute atomic E-state index is 0.632. The molecule has 0 amide bonds. The van der Waals surface area contributed by atoms with Gasteiger partial charge in [0.25, 0.3) is 0 Å². The number of fused-ring (bicyclic) bond motifs is 6. The molecule has 0 radical (unpaired) electrons. The number of hydrogen-bond donors (Lipinski definition) is 0. The second-order valence-electron chi connectivity index (χ2n) is 14.4. The first kappa shape index (κ1) is 33.4. The van der Waals surface area contributed by atoms with Gasteiger partial charge < -0.3 is 9.32 Å². The number of nitrogens with zero attached hydrogens (tertiary/aromatic N) is 4. The van der Waals surface area contributed by atoms with Gasteiger partial charge in [0.2, 0.25) is 0 Å². The van der Waals surface area contributed by atoms with Crippen LogP contribution in [0.5, 0.6) is 0 Å². The SMILES string of the molecule is C1=Cc2c(ccc3oc4c(-c5cccc(-c6ccc(-c7nc(-c8ccccc8)nc(-c8ccccc8)n7)cc6)c5)cccc4c23)N(c2ccccc2)c2ccccc21. The van der Waals surface area contributed by atoms with Gasteiger partial charge in [-0.1, -0.05) is 170 Å². The molecule has 1 aliphatic rings. The lowest BCUT2D eigenvalue weighted by atomic mass is 9.96. The topological polar surface area (TPSA) is 55.1 Å². The molecule has 0 spiro atoms. The Morgan fingerprint density at radius 1 is 0.397 bits per heavy atom. The summed E-state index contributed by atoms with van der Waals surface area (Å²) in [5.74, 6) is 1.92. The van der Waals surface area contributed by atoms with E-state index < -0.39 is 0 Å². The molecule has 5 heteroatoms. The second-order valence-corrected chi connectivity index (χ2v) is 14.4. The van der Waals surface area contributed by atoms with Gasteiger partial charge in [-0.3, -0.25) is 0 Å². The van der Waals surface area contributed by atoms with E-state index in [1.807, 2.05) is 60.7 Å². The number of hydrogen-bond acceptors (Lipinski definition) is 5. The number of benzene rings is 8. The van der Waals surface area contributed by atoms with Crippen LogP contribution in [0.1, 0.15) is 11.1 Å². The third-order valence-electron chi connectivity index (χ3n) is 10.9. The van der Waals surface area contributed by atoms with Crippen molar-refractivity contribution in [2.45, 2.75) is 0 Å². The van der Waals surface area contributed by atoms with Crippen molar-refractivity contribution in [3.63, 3.8) is 0 Å². The summed E-state index contributed by atoms with van der Waals surface area (Å²) in [6.07, 6.45) is 4.46. The van der Waals surface area contributed by atoms with E-state index in [0.717, 1.165) is 89.1 Å². The van der Waals surface area contributed by atoms with Gasteiger partial charge >= 0.3 is 0 Å². The molecule has 11 rings (SSSR count). The average Bonchev–Trinajstić information content (AvgIpc) is 3.60. The van der Waals surface area contributed by atoms with E-state index in [0.29, 0.717) is 17.5 Å². The Morgan fingerprint density at radius 2 is 0.966 bits per heavy atom. The summed E-state index contributed by atoms with van der Waals surface area (Å²) >= 11 is 0. The van der Waals surface area contributed by atoms with Gasteiger partial charge in [0.05, 0.1) is 11.4 Å². The highest BCUT2D eigenvalue weighted by molar-refractivity contribution is 6.16. The van der Waals surface area contributed by atoms with Crippen LogP contribution < -0.4 is 4.90 Å². The van der Waals surface area contributed by atoms with Gasteiger partial charge in [-0.25, -0.2) is 15.0 Å². The Balaban J connectivity index is 0.976. The zero-order valence-electron chi connectivity index (χ0n) is 31.3. The molecule has 8 aromatic carbocycles. The maximum atomic E-state index is 6.78. The molecule has 0 atom stereocenters. The van der Waals surface area contributed by atoms with Crippen LogP contribution >= 0.6 is 0 Å². The molecule has 58 heavy (non-hydrogen) atoms. The van der Waals surface area contributed by atoms with Crippen LogP contribution in [0.3, 0.4) is 0 Å². The van der Waals surface area contributed by atoms with Gasteiger partial charge in [0.15, 0.2) is 17.5 Å². The van der Waals surface area contributed by atoms with E-state index in [1.54, 1.807) is 0 Å². The van der Waals surface area contributed by atoms with Crippen molar-refractivity contribution in [2.75, 3.05) is 4.90 Å². The highest BCUT2D eigenvalue weighted by Gasteiger charge is 2.24. The molecule has 0 fully saturated rings. The highest BCUT2D eigenvalue weighted by atomic mass is 16.3. The van der Waals surface area contributed by atoms with Crippen LogP contribution in [0.4, 0.5) is 17.1 Å². The molecule has 1 aliphatic heterocycles. The zero-order valence-corrected chi connectivity index (χ0v) is 31.3. The molecular formula is C53H34N4O. The van der Waals surface area contributed by atoms with Gasteiger partial charge in [0, 0.05) is 44.3 Å². The molecule has 5 nitrogen and oxygen atoms in total. The van der Waals surface area contributed by atoms with Crippen molar-refractivity contribution in [2.24, 2.45) is 0 Å². The molecule has 2 aromatic heterocycles. The van der Waals surface area contributed by atoms with Gasteiger partial charge in [-0.05, 0) is 58.7 Å². The molecule has 10 aromatic rings. The summed E-state index contributed by atoms with van der Waals surface area (Å²) in [6, 6.07) is 67.2. The number of aromatic nitrogens is 3. The number of furan rings is 1. The highest BCUT2D eigenvalue weighted by Crippen LogP contribution is 2.47. The van der Waals surface area contributed by atoms with Crippen molar-refractivity contribution >= 4 is 51.2 Å². The molecule has 272 valence electrons. The summed E-state index contributed by atoms with van der Waals surface area (Å²) in [4.78, 5) is 17.1. The number of rotatable bonds is 6. The van der Waals surface area contributed by atoms with E-state index in [-0.39, 0.29) is 0 Å². The van der Waals surface area contributed by atoms with Crippen molar-refractivity contribution in [3.05, 3.63) is 205 Å². The van der Waals surface area contributed by atoms with E-state index in [9.17, 15) is 0 Å². The minimum Gasteiger partial charge on any atom is -0.455 e. The zero-order chi connectivity index (χ0) is 38.4. The van der Waals surface area contributed by atoms with Crippen molar-refractivity contribution in [1.82, 2.24) is 15.0 Å². The van der Waals surface area contributed by atoms with Crippen molar-refractivity contribution < 1.29 is 4.42 Å². The third kappa shape index (κ3) is 5.85. The monoisotopic (exact) mass is 742 g/mol. The van der Waals surface area contributed by atoms with E-state index in [2.05, 4.69) is 151 Å². The lowest BCUT2D eigenvalue weighted by Gasteiger charge is -2.27. The van der Waals surface area contributed by atoms with E-state index in [1.165, 1.54) is 0 Å². The van der Waals surface area contributed by atoms with Crippen LogP contribution in [0.2, 0.25) is 0 Å². The molecule has 3 heterocycles. The number of para-hydroxylation sites is 3. The quantitative estimate of drug-likeness (QED) is 0.170. The fourth-order valence-corrected chi connectivity index (χ4v) is 8.10. The van der Waals surface area contributed by atoms with Crippen molar-refractivity contribution in [3.8, 4) is 56.4 Å². The molecule has 0 saturated carbocycles. The van der Waals surface area contributed by atoms with Crippen LogP contribution in [0.25, 0.3) is 90.5 Å². The summed E-state index contributed by atoms with van der Waals surface area (Å²) in [7, 11) is 0. The average molecular weight is 743 g/mol. The molecule has 0 bridgehead atoms. The first-order valence-electron chi connectivity index (χ1n) is 19.4. The van der Waals surface area contributed by atoms with Gasteiger partial charge in [0.1, 0.15) is 11.2 Å². The first-order valence-corrected chi connectivity index (χ1v) is 19.4. The largest absolute Gasteiger partial charge is 0.455 e. The fourth-order valence-electron chi connectivity index (χ4n) is 8.10. The van der Waals surface area contributed by atoms with Crippen LogP contribution in [0.15, 0.2) is 199 Å². The summed E-state index contributed by atoms with van der Waals surface area (Å²) in [6.45, 7) is 0. The maximum absolute atomic E-state index is 6.78. The Morgan fingerprint density at radius 3 is 1.67 bits per heavy atom. The number of anilines is 3. The normalized spacial score (nSPS) is 12.0. The Bertz CT molecular complexity index is 3100. The van der Waals surface area contributed by atoms with Gasteiger partial charge in [-0.15, -0.1) is 0 Å². The summed E-state index contributed by atoms with van der Waals surface area (Å²) in [5.41, 5.74) is 14.6. The predicted molar refractivity (Wildman–Crippen MR) is 238 cm³/mol. The van der Waals surface area contributed by atoms with Crippen molar-refractivity contribution in [1.29, 1.82) is 0 Å². The molecular weight excluding hydrogens is 709 g/mol. The Labute approximate surface area is 335 Å². The van der Waals surface area contributed by atoms with E-state index in [4.69, 9.17) is 19.4 Å². The second kappa shape index (κ2) is 14.0. The predicted octanol–water partition coefficient (Wildman–Crippen LogP) is 14.1. The fraction of sp³-hybridized carbons (Fsp3) is 0. The molecule has 0 unspecified atom stereocenters. The first-order chi connectivity index (χ1) is 28.7. The third-order valence-corrected chi connectivity index (χ3v) is 10.9. The Hall–Kier alpha value is -7.89. The van der Waals surface area contributed by atoms with Crippen LogP contribution in [-0.2, 0) is 0 Å². The summed E-state index contributed by atoms with van der Waals surface area (Å²) in [5, 5.41) is 2.19.